The zero-order valence-electron chi connectivity index (χ0n) is 50.1. The molecule has 3 N–H and O–H groups in total. The number of esters is 1. The van der Waals surface area contributed by atoms with Crippen LogP contribution in [-0.4, -0.2) is 47.4 Å². The fourth-order valence-electron chi connectivity index (χ4n) is 10.6. The van der Waals surface area contributed by atoms with E-state index in [9.17, 15) is 19.8 Å². The maximum absolute atomic E-state index is 12.5. The molecule has 6 nitrogen and oxygen atoms in total. The summed E-state index contributed by atoms with van der Waals surface area (Å²) in [6, 6.07) is -0.626. The topological polar surface area (TPSA) is 95.9 Å². The highest BCUT2D eigenvalue weighted by Crippen LogP contribution is 2.18. The van der Waals surface area contributed by atoms with Gasteiger partial charge in [-0.15, -0.1) is 0 Å². The van der Waals surface area contributed by atoms with Gasteiger partial charge < -0.3 is 20.3 Å². The first-order valence-electron chi connectivity index (χ1n) is 33.6. The summed E-state index contributed by atoms with van der Waals surface area (Å²) in [6.07, 6.45) is 79.6. The van der Waals surface area contributed by atoms with Crippen molar-refractivity contribution in [2.75, 3.05) is 13.2 Å². The van der Waals surface area contributed by atoms with E-state index in [1.54, 1.807) is 6.08 Å². The van der Waals surface area contributed by atoms with Crippen LogP contribution in [0.3, 0.4) is 0 Å². The molecule has 438 valence electrons. The Hall–Kier alpha value is -1.66. The number of rotatable bonds is 63. The van der Waals surface area contributed by atoms with Gasteiger partial charge in [-0.05, 0) is 57.8 Å². The molecule has 74 heavy (non-hydrogen) atoms. The van der Waals surface area contributed by atoms with E-state index < -0.39 is 12.1 Å². The third kappa shape index (κ3) is 59.6. The summed E-state index contributed by atoms with van der Waals surface area (Å²) >= 11 is 0. The molecular weight excluding hydrogens is 911 g/mol. The zero-order valence-corrected chi connectivity index (χ0v) is 50.1. The van der Waals surface area contributed by atoms with Crippen LogP contribution in [0, 0.1) is 0 Å². The summed E-state index contributed by atoms with van der Waals surface area (Å²) in [7, 11) is 0. The smallest absolute Gasteiger partial charge is 0.305 e. The van der Waals surface area contributed by atoms with E-state index >= 15 is 0 Å². The SMILES string of the molecule is CCCCCCCCCCCCCC/C=C/C(O)C(CO)NC(=O)CCCCCCCCCCCCCCC/C=C\CCCCCCCCCCCCCCOC(=O)CCCCCCCCCCCCCCCC. The summed E-state index contributed by atoms with van der Waals surface area (Å²) in [5.74, 6) is -0.0465. The van der Waals surface area contributed by atoms with E-state index in [0.29, 0.717) is 19.4 Å². The maximum atomic E-state index is 12.5. The van der Waals surface area contributed by atoms with Gasteiger partial charge in [0.2, 0.25) is 5.91 Å². The van der Waals surface area contributed by atoms with Crippen molar-refractivity contribution in [2.24, 2.45) is 0 Å². The van der Waals surface area contributed by atoms with Crippen LogP contribution in [0.1, 0.15) is 373 Å². The van der Waals surface area contributed by atoms with Crippen LogP contribution in [-0.2, 0) is 14.3 Å². The molecule has 0 spiro atoms. The molecule has 0 saturated carbocycles. The van der Waals surface area contributed by atoms with Crippen molar-refractivity contribution in [3.8, 4) is 0 Å². The van der Waals surface area contributed by atoms with Gasteiger partial charge in [-0.1, -0.05) is 327 Å². The summed E-state index contributed by atoms with van der Waals surface area (Å²) in [5.41, 5.74) is 0. The summed E-state index contributed by atoms with van der Waals surface area (Å²) in [5, 5.41) is 23.1. The van der Waals surface area contributed by atoms with Gasteiger partial charge in [0.25, 0.3) is 0 Å². The fourth-order valence-corrected chi connectivity index (χ4v) is 10.6. The Morgan fingerprint density at radius 1 is 0.365 bits per heavy atom. The molecule has 6 heteroatoms. The molecular formula is C68H131NO5. The molecule has 0 rings (SSSR count). The lowest BCUT2D eigenvalue weighted by Gasteiger charge is -2.20. The van der Waals surface area contributed by atoms with Crippen LogP contribution in [0.4, 0.5) is 0 Å². The molecule has 0 bridgehead atoms. The first kappa shape index (κ1) is 72.3. The van der Waals surface area contributed by atoms with Gasteiger partial charge in [0.1, 0.15) is 0 Å². The molecule has 0 saturated heterocycles. The quantitative estimate of drug-likeness (QED) is 0.0320. The van der Waals surface area contributed by atoms with Crippen LogP contribution in [0.5, 0.6) is 0 Å². The monoisotopic (exact) mass is 1040 g/mol. The molecule has 0 aromatic carbocycles. The number of ether oxygens (including phenoxy) is 1. The van der Waals surface area contributed by atoms with E-state index in [1.165, 1.54) is 308 Å². The van der Waals surface area contributed by atoms with Crippen molar-refractivity contribution in [3.05, 3.63) is 24.3 Å². The molecule has 0 aliphatic heterocycles. The fraction of sp³-hybridized carbons (Fsp3) is 0.912. The average Bonchev–Trinajstić information content (AvgIpc) is 3.40. The molecule has 0 aliphatic carbocycles. The van der Waals surface area contributed by atoms with Crippen molar-refractivity contribution in [2.45, 2.75) is 386 Å². The third-order valence-corrected chi connectivity index (χ3v) is 15.7. The van der Waals surface area contributed by atoms with Gasteiger partial charge in [0, 0.05) is 12.8 Å². The number of hydrogen-bond donors (Lipinski definition) is 3. The van der Waals surface area contributed by atoms with E-state index in [0.717, 1.165) is 38.5 Å². The Morgan fingerprint density at radius 3 is 0.959 bits per heavy atom. The molecule has 0 aromatic rings. The van der Waals surface area contributed by atoms with Crippen molar-refractivity contribution >= 4 is 11.9 Å². The summed E-state index contributed by atoms with van der Waals surface area (Å²) < 4.78 is 5.49. The van der Waals surface area contributed by atoms with E-state index in [1.807, 2.05) is 6.08 Å². The molecule has 1 amide bonds. The van der Waals surface area contributed by atoms with Crippen LogP contribution in [0.25, 0.3) is 0 Å². The standard InChI is InChI=1S/C68H131NO5/c1-3-5-7-9-11-13-15-17-36-40-44-48-52-56-60-66(71)65(64-70)69-67(72)61-57-53-49-45-41-37-34-32-30-28-26-24-22-20-19-21-23-25-27-29-31-33-35-39-43-47-51-55-59-63-74-68(73)62-58-54-50-46-42-38-18-16-14-12-10-8-6-4-2/h19,21,56,60,65-66,70-71H,3-18,20,22-55,57-59,61-64H2,1-2H3,(H,69,72)/b21-19-,60-56+. The minimum absolute atomic E-state index is 0.0189. The minimum atomic E-state index is -0.843. The number of aliphatic hydroxyl groups excluding tert-OH is 2. The van der Waals surface area contributed by atoms with Gasteiger partial charge >= 0.3 is 5.97 Å². The normalized spacial score (nSPS) is 12.6. The van der Waals surface area contributed by atoms with Gasteiger partial charge in [0.05, 0.1) is 25.4 Å². The molecule has 0 heterocycles. The van der Waals surface area contributed by atoms with Crippen LogP contribution in [0.2, 0.25) is 0 Å². The van der Waals surface area contributed by atoms with E-state index in [4.69, 9.17) is 4.74 Å². The maximum Gasteiger partial charge on any atom is 0.305 e. The Labute approximate surface area is 462 Å². The average molecular weight is 1040 g/mol. The van der Waals surface area contributed by atoms with E-state index in [2.05, 4.69) is 31.3 Å². The van der Waals surface area contributed by atoms with Gasteiger partial charge in [0.15, 0.2) is 0 Å². The van der Waals surface area contributed by atoms with Crippen LogP contribution < -0.4 is 5.32 Å². The van der Waals surface area contributed by atoms with Crippen molar-refractivity contribution in [1.82, 2.24) is 5.32 Å². The first-order valence-corrected chi connectivity index (χ1v) is 33.6. The summed E-state index contributed by atoms with van der Waals surface area (Å²) in [4.78, 5) is 24.5. The summed E-state index contributed by atoms with van der Waals surface area (Å²) in [6.45, 7) is 4.93. The zero-order chi connectivity index (χ0) is 53.6. The van der Waals surface area contributed by atoms with E-state index in [-0.39, 0.29) is 18.5 Å². The van der Waals surface area contributed by atoms with Crippen LogP contribution in [0.15, 0.2) is 24.3 Å². The molecule has 0 aliphatic rings. The van der Waals surface area contributed by atoms with Crippen molar-refractivity contribution < 1.29 is 24.5 Å². The lowest BCUT2D eigenvalue weighted by molar-refractivity contribution is -0.143. The lowest BCUT2D eigenvalue weighted by Crippen LogP contribution is -2.45. The van der Waals surface area contributed by atoms with Crippen LogP contribution >= 0.6 is 0 Å². The number of unbranched alkanes of at least 4 members (excludes halogenated alkanes) is 50. The van der Waals surface area contributed by atoms with Crippen molar-refractivity contribution in [3.63, 3.8) is 0 Å². The predicted octanol–water partition coefficient (Wildman–Crippen LogP) is 21.4. The molecule has 0 aromatic heterocycles. The number of nitrogens with one attached hydrogen (secondary N) is 1. The lowest BCUT2D eigenvalue weighted by atomic mass is 10.0. The van der Waals surface area contributed by atoms with Crippen molar-refractivity contribution in [1.29, 1.82) is 0 Å². The minimum Gasteiger partial charge on any atom is -0.466 e. The molecule has 0 fully saturated rings. The molecule has 0 radical (unpaired) electrons. The first-order chi connectivity index (χ1) is 36.5. The second kappa shape index (κ2) is 63.9. The Balaban J connectivity index is 3.37. The number of carbonyl (C=O) groups excluding carboxylic acids is 2. The number of allylic oxidation sites excluding steroid dienone is 3. The molecule has 2 atom stereocenters. The highest BCUT2D eigenvalue weighted by molar-refractivity contribution is 5.76. The van der Waals surface area contributed by atoms with Gasteiger partial charge in [-0.25, -0.2) is 0 Å². The Morgan fingerprint density at radius 2 is 0.635 bits per heavy atom. The Kier molecular flexibility index (Phi) is 62.4. The number of carbonyl (C=O) groups is 2. The highest BCUT2D eigenvalue weighted by Gasteiger charge is 2.18. The van der Waals surface area contributed by atoms with Gasteiger partial charge in [-0.3, -0.25) is 9.59 Å². The largest absolute Gasteiger partial charge is 0.466 e. The number of aliphatic hydroxyl groups is 2. The molecule has 2 unspecified atom stereocenters. The predicted molar refractivity (Wildman–Crippen MR) is 324 cm³/mol. The highest BCUT2D eigenvalue weighted by atomic mass is 16.5. The second-order valence-corrected chi connectivity index (χ2v) is 23.2. The van der Waals surface area contributed by atoms with Gasteiger partial charge in [-0.2, -0.15) is 0 Å². The second-order valence-electron chi connectivity index (χ2n) is 23.2. The number of amides is 1. The number of hydrogen-bond acceptors (Lipinski definition) is 5. The Bertz CT molecular complexity index is 1150. The third-order valence-electron chi connectivity index (χ3n) is 15.7.